The number of tetrazole rings is 1. The Morgan fingerprint density at radius 1 is 1.24 bits per heavy atom. The van der Waals surface area contributed by atoms with Crippen molar-refractivity contribution in [2.45, 2.75) is 4.90 Å². The molecule has 0 atom stereocenters. The topological polar surface area (TPSA) is 118 Å². The number of nitrogens with zero attached hydrogens (tertiary/aromatic N) is 3. The van der Waals surface area contributed by atoms with Gasteiger partial charge in [-0.3, -0.25) is 9.52 Å². The molecular weight excluding hydrogens is 246 g/mol. The molecule has 0 aliphatic carbocycles. The molecule has 1 aromatic carbocycles. The number of nitrogens with one attached hydrogen (secondary N) is 2. The van der Waals surface area contributed by atoms with Gasteiger partial charge in [0.05, 0.1) is 4.90 Å². The summed E-state index contributed by atoms with van der Waals surface area (Å²) < 4.78 is 24.6. The van der Waals surface area contributed by atoms with Crippen molar-refractivity contribution in [1.29, 1.82) is 0 Å². The maximum absolute atomic E-state index is 11.4. The van der Waals surface area contributed by atoms with E-state index >= 15 is 0 Å². The average molecular weight is 253 g/mol. The minimum atomic E-state index is -3.78. The molecule has 9 heteroatoms. The van der Waals surface area contributed by atoms with Crippen molar-refractivity contribution in [1.82, 2.24) is 25.3 Å². The molecule has 8 nitrogen and oxygen atoms in total. The predicted molar refractivity (Wildman–Crippen MR) is 56.0 cm³/mol. The summed E-state index contributed by atoms with van der Waals surface area (Å²) in [5.74, 6) is 0.359. The first kappa shape index (κ1) is 11.2. The molecule has 1 heterocycles. The Kier molecular flexibility index (Phi) is 2.83. The summed E-state index contributed by atoms with van der Waals surface area (Å²) in [6.45, 7) is 0. The van der Waals surface area contributed by atoms with Gasteiger partial charge in [-0.25, -0.2) is 8.42 Å². The van der Waals surface area contributed by atoms with Crippen LogP contribution in [0.3, 0.4) is 0 Å². The third-order valence-electron chi connectivity index (χ3n) is 1.97. The fraction of sp³-hybridized carbons (Fsp3) is 0. The van der Waals surface area contributed by atoms with Gasteiger partial charge in [0.15, 0.2) is 0 Å². The molecule has 0 aliphatic rings. The molecule has 1 aromatic heterocycles. The molecule has 0 saturated carbocycles. The smallest absolute Gasteiger partial charge is 0.263 e. The van der Waals surface area contributed by atoms with Gasteiger partial charge in [0.2, 0.25) is 12.2 Å². The minimum absolute atomic E-state index is 0.0168. The van der Waals surface area contributed by atoms with Gasteiger partial charge in [0.25, 0.3) is 10.0 Å². The van der Waals surface area contributed by atoms with E-state index in [2.05, 4.69) is 20.6 Å². The zero-order valence-electron chi connectivity index (χ0n) is 8.36. The monoisotopic (exact) mass is 253 g/mol. The van der Waals surface area contributed by atoms with Crippen LogP contribution >= 0.6 is 0 Å². The van der Waals surface area contributed by atoms with Gasteiger partial charge < -0.3 is 0 Å². The zero-order valence-corrected chi connectivity index (χ0v) is 9.18. The molecule has 0 fully saturated rings. The van der Waals surface area contributed by atoms with E-state index in [1.807, 2.05) is 0 Å². The molecule has 88 valence electrons. The van der Waals surface area contributed by atoms with Crippen molar-refractivity contribution < 1.29 is 13.2 Å². The van der Waals surface area contributed by atoms with E-state index in [0.717, 1.165) is 0 Å². The number of hydrogen-bond acceptors (Lipinski definition) is 6. The van der Waals surface area contributed by atoms with E-state index < -0.39 is 10.0 Å². The van der Waals surface area contributed by atoms with Crippen LogP contribution in [0.5, 0.6) is 0 Å². The average Bonchev–Trinajstić information content (AvgIpc) is 2.82. The van der Waals surface area contributed by atoms with Crippen molar-refractivity contribution in [2.24, 2.45) is 0 Å². The number of aromatic amines is 1. The molecule has 0 unspecified atom stereocenters. The SMILES string of the molecule is O=CNS(=O)(=O)c1ccc(-c2nn[nH]n2)cc1. The highest BCUT2D eigenvalue weighted by atomic mass is 32.2. The number of rotatable bonds is 4. The standard InChI is InChI=1S/C8H7N5O3S/c14-5-9-17(15,16)7-3-1-6(2-4-7)8-10-12-13-11-8/h1-5H,(H,9,14)(H,10,11,12,13). The molecule has 0 saturated heterocycles. The van der Waals surface area contributed by atoms with Crippen LogP contribution in [-0.4, -0.2) is 35.5 Å². The minimum Gasteiger partial charge on any atom is -0.278 e. The number of carbonyl (C=O) groups is 1. The van der Waals surface area contributed by atoms with Gasteiger partial charge in [-0.2, -0.15) is 5.21 Å². The maximum Gasteiger partial charge on any atom is 0.263 e. The number of hydrogen-bond donors (Lipinski definition) is 2. The summed E-state index contributed by atoms with van der Waals surface area (Å²) in [6.07, 6.45) is 0.114. The Bertz CT molecular complexity index is 605. The van der Waals surface area contributed by atoms with Crippen molar-refractivity contribution >= 4 is 16.4 Å². The maximum atomic E-state index is 11.4. The van der Waals surface area contributed by atoms with Gasteiger partial charge in [0.1, 0.15) is 0 Å². The van der Waals surface area contributed by atoms with Gasteiger partial charge >= 0.3 is 0 Å². The Balaban J connectivity index is 2.34. The van der Waals surface area contributed by atoms with Crippen LogP contribution in [-0.2, 0) is 14.8 Å². The first-order valence-electron chi connectivity index (χ1n) is 4.43. The molecule has 0 bridgehead atoms. The summed E-state index contributed by atoms with van der Waals surface area (Å²) in [5, 5.41) is 13.2. The number of sulfonamides is 1. The molecule has 0 aliphatic heterocycles. The van der Waals surface area contributed by atoms with Crippen molar-refractivity contribution in [3.63, 3.8) is 0 Å². The highest BCUT2D eigenvalue weighted by molar-refractivity contribution is 7.90. The van der Waals surface area contributed by atoms with Crippen LogP contribution in [0, 0.1) is 0 Å². The van der Waals surface area contributed by atoms with Gasteiger partial charge in [-0.15, -0.1) is 10.2 Å². The van der Waals surface area contributed by atoms with Gasteiger partial charge in [-0.1, -0.05) is 0 Å². The Morgan fingerprint density at radius 3 is 2.47 bits per heavy atom. The van der Waals surface area contributed by atoms with Crippen molar-refractivity contribution in [3.8, 4) is 11.4 Å². The van der Waals surface area contributed by atoms with E-state index in [-0.39, 0.29) is 11.3 Å². The second-order valence-corrected chi connectivity index (χ2v) is 4.71. The summed E-state index contributed by atoms with van der Waals surface area (Å²) in [4.78, 5) is 10.1. The molecular formula is C8H7N5O3S. The molecule has 0 radical (unpaired) electrons. The fourth-order valence-corrected chi connectivity index (χ4v) is 1.96. The number of carbonyl (C=O) groups excluding carboxylic acids is 1. The molecule has 2 rings (SSSR count). The molecule has 2 N–H and O–H groups in total. The molecule has 2 aromatic rings. The first-order valence-corrected chi connectivity index (χ1v) is 5.91. The van der Waals surface area contributed by atoms with Gasteiger partial charge in [-0.05, 0) is 29.5 Å². The summed E-state index contributed by atoms with van der Waals surface area (Å²) in [5.41, 5.74) is 0.615. The van der Waals surface area contributed by atoms with E-state index in [1.54, 1.807) is 4.72 Å². The normalized spacial score (nSPS) is 11.1. The molecule has 17 heavy (non-hydrogen) atoms. The first-order chi connectivity index (χ1) is 8.13. The van der Waals surface area contributed by atoms with Crippen LogP contribution in [0.4, 0.5) is 0 Å². The van der Waals surface area contributed by atoms with Crippen LogP contribution in [0.2, 0.25) is 0 Å². The number of benzene rings is 1. The lowest BCUT2D eigenvalue weighted by Crippen LogP contribution is -2.21. The van der Waals surface area contributed by atoms with Crippen molar-refractivity contribution in [2.75, 3.05) is 0 Å². The predicted octanol–water partition coefficient (Wildman–Crippen LogP) is -0.699. The summed E-state index contributed by atoms with van der Waals surface area (Å²) in [7, 11) is -3.78. The quantitative estimate of drug-likeness (QED) is 0.696. The Labute approximate surface area is 96.1 Å². The fourth-order valence-electron chi connectivity index (χ4n) is 1.20. The van der Waals surface area contributed by atoms with E-state index in [9.17, 15) is 13.2 Å². The van der Waals surface area contributed by atoms with Crippen LogP contribution < -0.4 is 4.72 Å². The lowest BCUT2D eigenvalue weighted by molar-refractivity contribution is -0.108. The van der Waals surface area contributed by atoms with Gasteiger partial charge in [0, 0.05) is 5.56 Å². The number of aromatic nitrogens is 4. The zero-order chi connectivity index (χ0) is 12.3. The Morgan fingerprint density at radius 2 is 1.94 bits per heavy atom. The van der Waals surface area contributed by atoms with Crippen LogP contribution in [0.1, 0.15) is 0 Å². The third-order valence-corrected chi connectivity index (χ3v) is 3.27. The van der Waals surface area contributed by atoms with E-state index in [1.165, 1.54) is 24.3 Å². The summed E-state index contributed by atoms with van der Waals surface area (Å²) in [6, 6.07) is 5.73. The second-order valence-electron chi connectivity index (χ2n) is 3.00. The number of H-pyrrole nitrogens is 1. The Hall–Kier alpha value is -2.29. The number of amides is 1. The van der Waals surface area contributed by atoms with Crippen LogP contribution in [0.25, 0.3) is 11.4 Å². The van der Waals surface area contributed by atoms with E-state index in [0.29, 0.717) is 11.4 Å². The second kappa shape index (κ2) is 4.29. The lowest BCUT2D eigenvalue weighted by atomic mass is 10.2. The highest BCUT2D eigenvalue weighted by Crippen LogP contribution is 2.16. The molecule has 0 spiro atoms. The van der Waals surface area contributed by atoms with E-state index in [4.69, 9.17) is 0 Å². The van der Waals surface area contributed by atoms with Crippen molar-refractivity contribution in [3.05, 3.63) is 24.3 Å². The summed E-state index contributed by atoms with van der Waals surface area (Å²) >= 11 is 0. The lowest BCUT2D eigenvalue weighted by Gasteiger charge is -2.02. The third kappa shape index (κ3) is 2.28. The highest BCUT2D eigenvalue weighted by Gasteiger charge is 2.13. The van der Waals surface area contributed by atoms with Crippen LogP contribution in [0.15, 0.2) is 29.2 Å². The largest absolute Gasteiger partial charge is 0.278 e. The molecule has 1 amide bonds.